The Morgan fingerprint density at radius 1 is 1.16 bits per heavy atom. The van der Waals surface area contributed by atoms with Crippen molar-refractivity contribution in [2.75, 3.05) is 6.54 Å². The average molecular weight is 359 g/mol. The molecule has 25 heavy (non-hydrogen) atoms. The van der Waals surface area contributed by atoms with Gasteiger partial charge in [-0.1, -0.05) is 41.1 Å². The molecule has 1 aromatic heterocycles. The molecule has 0 atom stereocenters. The third-order valence-corrected chi connectivity index (χ3v) is 3.87. The van der Waals surface area contributed by atoms with Gasteiger partial charge in [0.1, 0.15) is 5.82 Å². The van der Waals surface area contributed by atoms with E-state index >= 15 is 0 Å². The van der Waals surface area contributed by atoms with E-state index in [1.807, 2.05) is 18.2 Å². The molecule has 0 unspecified atom stereocenters. The number of nitrogens with one attached hydrogen (secondary N) is 1. The second-order valence-corrected chi connectivity index (χ2v) is 6.00. The maximum Gasteiger partial charge on any atom is 0.273 e. The molecule has 0 saturated heterocycles. The highest BCUT2D eigenvalue weighted by Crippen LogP contribution is 2.10. The van der Waals surface area contributed by atoms with Crippen LogP contribution in [0.1, 0.15) is 21.6 Å². The van der Waals surface area contributed by atoms with Gasteiger partial charge in [-0.25, -0.2) is 9.07 Å². The molecule has 1 N–H and O–H groups in total. The van der Waals surface area contributed by atoms with Gasteiger partial charge in [-0.2, -0.15) is 0 Å². The molecule has 0 aliphatic heterocycles. The highest BCUT2D eigenvalue weighted by atomic mass is 35.5. The van der Waals surface area contributed by atoms with Crippen LogP contribution in [0, 0.1) is 5.82 Å². The first-order valence-corrected chi connectivity index (χ1v) is 8.15. The number of aromatic nitrogens is 3. The number of halogens is 2. The van der Waals surface area contributed by atoms with Crippen molar-refractivity contribution >= 4 is 17.5 Å². The number of nitrogens with zero attached hydrogens (tertiary/aromatic N) is 3. The third kappa shape index (κ3) is 4.87. The first kappa shape index (κ1) is 17.1. The van der Waals surface area contributed by atoms with E-state index in [2.05, 4.69) is 15.6 Å². The number of rotatable bonds is 6. The molecule has 3 aromatic rings. The average Bonchev–Trinajstić information content (AvgIpc) is 3.06. The highest BCUT2D eigenvalue weighted by molar-refractivity contribution is 6.30. The maximum absolute atomic E-state index is 13.1. The van der Waals surface area contributed by atoms with E-state index in [9.17, 15) is 9.18 Å². The van der Waals surface area contributed by atoms with E-state index in [1.54, 1.807) is 29.1 Å². The summed E-state index contributed by atoms with van der Waals surface area (Å²) in [7, 11) is 0. The fraction of sp³-hybridized carbons (Fsp3) is 0.167. The second-order valence-electron chi connectivity index (χ2n) is 5.56. The van der Waals surface area contributed by atoms with Crippen LogP contribution in [0.15, 0.2) is 54.7 Å². The second kappa shape index (κ2) is 7.90. The highest BCUT2D eigenvalue weighted by Gasteiger charge is 2.10. The van der Waals surface area contributed by atoms with Gasteiger partial charge >= 0.3 is 0 Å². The van der Waals surface area contributed by atoms with Crippen molar-refractivity contribution in [3.05, 3.63) is 82.4 Å². The van der Waals surface area contributed by atoms with Crippen molar-refractivity contribution < 1.29 is 9.18 Å². The van der Waals surface area contributed by atoms with E-state index in [4.69, 9.17) is 11.6 Å². The Hall–Kier alpha value is -2.73. The minimum absolute atomic E-state index is 0.244. The van der Waals surface area contributed by atoms with Gasteiger partial charge < -0.3 is 5.32 Å². The number of benzene rings is 2. The van der Waals surface area contributed by atoms with Crippen LogP contribution in [-0.2, 0) is 13.0 Å². The monoisotopic (exact) mass is 358 g/mol. The van der Waals surface area contributed by atoms with Crippen molar-refractivity contribution in [1.82, 2.24) is 20.3 Å². The Morgan fingerprint density at radius 2 is 1.96 bits per heavy atom. The minimum Gasteiger partial charge on any atom is -0.350 e. The summed E-state index contributed by atoms with van der Waals surface area (Å²) in [5.74, 6) is -0.590. The lowest BCUT2D eigenvalue weighted by molar-refractivity contribution is 0.0949. The molecule has 0 fully saturated rings. The predicted octanol–water partition coefficient (Wildman–Crippen LogP) is 3.09. The molecule has 0 aliphatic rings. The number of hydrogen-bond acceptors (Lipinski definition) is 3. The molecule has 1 amide bonds. The van der Waals surface area contributed by atoms with Gasteiger partial charge in [0.2, 0.25) is 0 Å². The number of amides is 1. The number of carbonyl (C=O) groups is 1. The normalized spacial score (nSPS) is 10.6. The molecular formula is C18H16ClFN4O. The molecular weight excluding hydrogens is 343 g/mol. The standard InChI is InChI=1S/C18H16ClFN4O/c19-15-6-4-14(5-7-15)11-24-12-17(22-23-24)18(25)21-9-8-13-2-1-3-16(20)10-13/h1-7,10,12H,8-9,11H2,(H,21,25). The van der Waals surface area contributed by atoms with Crippen LogP contribution >= 0.6 is 11.6 Å². The fourth-order valence-electron chi connectivity index (χ4n) is 2.36. The van der Waals surface area contributed by atoms with E-state index in [0.29, 0.717) is 24.5 Å². The van der Waals surface area contributed by atoms with Crippen LogP contribution in [0.25, 0.3) is 0 Å². The molecule has 5 nitrogen and oxygen atoms in total. The smallest absolute Gasteiger partial charge is 0.273 e. The maximum atomic E-state index is 13.1. The Bertz CT molecular complexity index is 864. The fourth-order valence-corrected chi connectivity index (χ4v) is 2.49. The largest absolute Gasteiger partial charge is 0.350 e. The molecule has 1 heterocycles. The van der Waals surface area contributed by atoms with Crippen LogP contribution in [0.2, 0.25) is 5.02 Å². The summed E-state index contributed by atoms with van der Waals surface area (Å²) in [6.07, 6.45) is 2.13. The Balaban J connectivity index is 1.52. The summed E-state index contributed by atoms with van der Waals surface area (Å²) in [6.45, 7) is 0.896. The lowest BCUT2D eigenvalue weighted by Crippen LogP contribution is -2.26. The zero-order valence-corrected chi connectivity index (χ0v) is 14.1. The number of carbonyl (C=O) groups excluding carboxylic acids is 1. The van der Waals surface area contributed by atoms with Crippen molar-refractivity contribution in [3.63, 3.8) is 0 Å². The molecule has 0 spiro atoms. The lowest BCUT2D eigenvalue weighted by atomic mass is 10.1. The van der Waals surface area contributed by atoms with Gasteiger partial charge in [0.25, 0.3) is 5.91 Å². The van der Waals surface area contributed by atoms with Crippen LogP contribution in [-0.4, -0.2) is 27.4 Å². The van der Waals surface area contributed by atoms with E-state index in [0.717, 1.165) is 11.1 Å². The summed E-state index contributed by atoms with van der Waals surface area (Å²) < 4.78 is 14.7. The van der Waals surface area contributed by atoms with E-state index in [-0.39, 0.29) is 17.4 Å². The molecule has 0 radical (unpaired) electrons. The van der Waals surface area contributed by atoms with Crippen LogP contribution in [0.3, 0.4) is 0 Å². The Labute approximate surface area is 149 Å². The lowest BCUT2D eigenvalue weighted by Gasteiger charge is -2.03. The molecule has 0 bridgehead atoms. The van der Waals surface area contributed by atoms with Crippen molar-refractivity contribution in [3.8, 4) is 0 Å². The van der Waals surface area contributed by atoms with Crippen molar-refractivity contribution in [2.24, 2.45) is 0 Å². The molecule has 0 aliphatic carbocycles. The molecule has 128 valence electrons. The Kier molecular flexibility index (Phi) is 5.40. The van der Waals surface area contributed by atoms with Gasteiger partial charge in [-0.3, -0.25) is 4.79 Å². The predicted molar refractivity (Wildman–Crippen MR) is 93.0 cm³/mol. The molecule has 3 rings (SSSR count). The van der Waals surface area contributed by atoms with Crippen LogP contribution in [0.5, 0.6) is 0 Å². The quantitative estimate of drug-likeness (QED) is 0.736. The first-order valence-electron chi connectivity index (χ1n) is 7.77. The van der Waals surface area contributed by atoms with Gasteiger partial charge in [-0.05, 0) is 41.8 Å². The van der Waals surface area contributed by atoms with Gasteiger partial charge in [-0.15, -0.1) is 5.10 Å². The van der Waals surface area contributed by atoms with Crippen molar-refractivity contribution in [2.45, 2.75) is 13.0 Å². The van der Waals surface area contributed by atoms with Gasteiger partial charge in [0.05, 0.1) is 12.7 Å². The summed E-state index contributed by atoms with van der Waals surface area (Å²) in [5, 5.41) is 11.3. The van der Waals surface area contributed by atoms with Crippen LogP contribution < -0.4 is 5.32 Å². The summed E-state index contributed by atoms with van der Waals surface area (Å²) >= 11 is 5.85. The minimum atomic E-state index is -0.307. The number of hydrogen-bond donors (Lipinski definition) is 1. The van der Waals surface area contributed by atoms with Gasteiger partial charge in [0, 0.05) is 11.6 Å². The van der Waals surface area contributed by atoms with Gasteiger partial charge in [0.15, 0.2) is 5.69 Å². The topological polar surface area (TPSA) is 59.8 Å². The Morgan fingerprint density at radius 3 is 2.72 bits per heavy atom. The molecule has 0 saturated carbocycles. The van der Waals surface area contributed by atoms with Crippen molar-refractivity contribution in [1.29, 1.82) is 0 Å². The zero-order chi connectivity index (χ0) is 17.6. The summed E-state index contributed by atoms with van der Waals surface area (Å²) in [5.41, 5.74) is 2.08. The molecule has 7 heteroatoms. The summed E-state index contributed by atoms with van der Waals surface area (Å²) in [6, 6.07) is 13.7. The van der Waals surface area contributed by atoms with Crippen LogP contribution in [0.4, 0.5) is 4.39 Å². The van der Waals surface area contributed by atoms with E-state index < -0.39 is 0 Å². The SMILES string of the molecule is O=C(NCCc1cccc(F)c1)c1cn(Cc2ccc(Cl)cc2)nn1. The molecule has 2 aromatic carbocycles. The first-order chi connectivity index (χ1) is 12.1. The third-order valence-electron chi connectivity index (χ3n) is 3.62. The zero-order valence-electron chi connectivity index (χ0n) is 13.3. The van der Waals surface area contributed by atoms with E-state index in [1.165, 1.54) is 12.1 Å². The summed E-state index contributed by atoms with van der Waals surface area (Å²) in [4.78, 5) is 12.1.